The summed E-state index contributed by atoms with van der Waals surface area (Å²) < 4.78 is 41.8. The molecule has 1 N–H and O–H groups in total. The van der Waals surface area contributed by atoms with Gasteiger partial charge in [-0.15, -0.1) is 0 Å². The highest BCUT2D eigenvalue weighted by Crippen LogP contribution is 2.25. The topological polar surface area (TPSA) is 32.7 Å². The second kappa shape index (κ2) is 5.95. The zero-order valence-corrected chi connectivity index (χ0v) is 10.3. The molecule has 1 rings (SSSR count). The standard InChI is InChI=1S/C12H16F3NO2/c1-3-16(8-12(13,14)15)7-9-4-5-10(18-2)6-11(9)17/h4-6,17H,3,7-8H2,1-2H3. The minimum Gasteiger partial charge on any atom is -0.507 e. The van der Waals surface area contributed by atoms with Gasteiger partial charge in [0.05, 0.1) is 13.7 Å². The zero-order chi connectivity index (χ0) is 13.8. The summed E-state index contributed by atoms with van der Waals surface area (Å²) in [5.74, 6) is 0.407. The Labute approximate surface area is 104 Å². The number of nitrogens with zero attached hydrogens (tertiary/aromatic N) is 1. The summed E-state index contributed by atoms with van der Waals surface area (Å²) in [5, 5.41) is 9.68. The molecule has 0 aliphatic carbocycles. The van der Waals surface area contributed by atoms with Crippen molar-refractivity contribution < 1.29 is 23.0 Å². The third-order valence-corrected chi connectivity index (χ3v) is 2.54. The fraction of sp³-hybridized carbons (Fsp3) is 0.500. The summed E-state index contributed by atoms with van der Waals surface area (Å²) in [5.41, 5.74) is 0.446. The van der Waals surface area contributed by atoms with Crippen molar-refractivity contribution in [3.8, 4) is 11.5 Å². The van der Waals surface area contributed by atoms with E-state index >= 15 is 0 Å². The van der Waals surface area contributed by atoms with E-state index in [2.05, 4.69) is 0 Å². The third-order valence-electron chi connectivity index (χ3n) is 2.54. The van der Waals surface area contributed by atoms with Crippen LogP contribution in [0.4, 0.5) is 13.2 Å². The van der Waals surface area contributed by atoms with Crippen molar-refractivity contribution in [2.45, 2.75) is 19.6 Å². The van der Waals surface area contributed by atoms with Gasteiger partial charge in [-0.2, -0.15) is 13.2 Å². The van der Waals surface area contributed by atoms with E-state index in [1.807, 2.05) is 0 Å². The molecule has 0 aliphatic rings. The van der Waals surface area contributed by atoms with Gasteiger partial charge in [-0.25, -0.2) is 0 Å². The molecular weight excluding hydrogens is 247 g/mol. The van der Waals surface area contributed by atoms with Crippen molar-refractivity contribution >= 4 is 0 Å². The normalized spacial score (nSPS) is 11.9. The summed E-state index contributed by atoms with van der Waals surface area (Å²) in [7, 11) is 1.45. The minimum absolute atomic E-state index is 0.0475. The number of aromatic hydroxyl groups is 1. The second-order valence-electron chi connectivity index (χ2n) is 3.91. The molecular formula is C12H16F3NO2. The molecule has 102 valence electrons. The van der Waals surface area contributed by atoms with Gasteiger partial charge >= 0.3 is 6.18 Å². The monoisotopic (exact) mass is 263 g/mol. The molecule has 6 heteroatoms. The minimum atomic E-state index is -4.24. The number of phenolic OH excluding ortho intramolecular Hbond substituents is 1. The number of hydrogen-bond acceptors (Lipinski definition) is 3. The molecule has 0 atom stereocenters. The summed E-state index contributed by atoms with van der Waals surface area (Å²) in [6, 6.07) is 4.56. The molecule has 0 heterocycles. The first-order chi connectivity index (χ1) is 8.35. The summed E-state index contributed by atoms with van der Waals surface area (Å²) >= 11 is 0. The molecule has 0 radical (unpaired) electrons. The van der Waals surface area contributed by atoms with Crippen LogP contribution >= 0.6 is 0 Å². The first kappa shape index (κ1) is 14.6. The van der Waals surface area contributed by atoms with Crippen molar-refractivity contribution in [2.24, 2.45) is 0 Å². The van der Waals surface area contributed by atoms with Gasteiger partial charge in [-0.1, -0.05) is 13.0 Å². The maximum absolute atomic E-state index is 12.3. The molecule has 0 amide bonds. The molecule has 0 bridgehead atoms. The first-order valence-corrected chi connectivity index (χ1v) is 5.50. The molecule has 0 unspecified atom stereocenters. The Morgan fingerprint density at radius 1 is 1.33 bits per heavy atom. The molecule has 0 aliphatic heterocycles. The lowest BCUT2D eigenvalue weighted by Crippen LogP contribution is -2.33. The van der Waals surface area contributed by atoms with Gasteiger partial charge in [0.2, 0.25) is 0 Å². The predicted octanol–water partition coefficient (Wildman–Crippen LogP) is 2.79. The van der Waals surface area contributed by atoms with Gasteiger partial charge in [0.25, 0.3) is 0 Å². The average molecular weight is 263 g/mol. The lowest BCUT2D eigenvalue weighted by Gasteiger charge is -2.22. The summed E-state index contributed by atoms with van der Waals surface area (Å²) in [6.45, 7) is 0.956. The van der Waals surface area contributed by atoms with Crippen molar-refractivity contribution in [3.63, 3.8) is 0 Å². The van der Waals surface area contributed by atoms with Gasteiger partial charge in [-0.05, 0) is 12.6 Å². The number of rotatable bonds is 5. The van der Waals surface area contributed by atoms with Gasteiger partial charge in [0, 0.05) is 18.2 Å². The Balaban J connectivity index is 2.76. The third kappa shape index (κ3) is 4.44. The highest BCUT2D eigenvalue weighted by atomic mass is 19.4. The molecule has 0 saturated carbocycles. The number of hydrogen-bond donors (Lipinski definition) is 1. The maximum Gasteiger partial charge on any atom is 0.401 e. The molecule has 0 saturated heterocycles. The van der Waals surface area contributed by atoms with E-state index < -0.39 is 12.7 Å². The lowest BCUT2D eigenvalue weighted by atomic mass is 10.1. The van der Waals surface area contributed by atoms with E-state index in [1.165, 1.54) is 18.1 Å². The first-order valence-electron chi connectivity index (χ1n) is 5.50. The number of benzene rings is 1. The fourth-order valence-corrected chi connectivity index (χ4v) is 1.58. The molecule has 1 aromatic rings. The Kier molecular flexibility index (Phi) is 4.84. The van der Waals surface area contributed by atoms with Crippen LogP contribution in [0.2, 0.25) is 0 Å². The van der Waals surface area contributed by atoms with Crippen molar-refractivity contribution in [1.29, 1.82) is 0 Å². The van der Waals surface area contributed by atoms with Crippen molar-refractivity contribution in [3.05, 3.63) is 23.8 Å². The largest absolute Gasteiger partial charge is 0.507 e. The molecule has 0 aromatic heterocycles. The summed E-state index contributed by atoms with van der Waals surface area (Å²) in [6.07, 6.45) is -4.24. The number of methoxy groups -OCH3 is 1. The van der Waals surface area contributed by atoms with E-state index in [-0.39, 0.29) is 18.8 Å². The Morgan fingerprint density at radius 2 is 2.00 bits per heavy atom. The second-order valence-corrected chi connectivity index (χ2v) is 3.91. The van der Waals surface area contributed by atoms with Crippen LogP contribution in [0.15, 0.2) is 18.2 Å². The van der Waals surface area contributed by atoms with Gasteiger partial charge in [0.15, 0.2) is 0 Å². The van der Waals surface area contributed by atoms with Crippen LogP contribution in [-0.2, 0) is 6.54 Å². The Hall–Kier alpha value is -1.43. The Bertz CT molecular complexity index is 393. The SMILES string of the molecule is CCN(Cc1ccc(OC)cc1O)CC(F)(F)F. The molecule has 1 aromatic carbocycles. The van der Waals surface area contributed by atoms with E-state index in [4.69, 9.17) is 4.74 Å². The van der Waals surface area contributed by atoms with Crippen molar-refractivity contribution in [1.82, 2.24) is 4.90 Å². The van der Waals surface area contributed by atoms with Crippen LogP contribution in [0.1, 0.15) is 12.5 Å². The average Bonchev–Trinajstić information content (AvgIpc) is 2.28. The predicted molar refractivity (Wildman–Crippen MR) is 61.7 cm³/mol. The zero-order valence-electron chi connectivity index (χ0n) is 10.3. The van der Waals surface area contributed by atoms with Gasteiger partial charge in [-0.3, -0.25) is 4.90 Å². The smallest absolute Gasteiger partial charge is 0.401 e. The van der Waals surface area contributed by atoms with E-state index in [9.17, 15) is 18.3 Å². The molecule has 0 fully saturated rings. The van der Waals surface area contributed by atoms with Crippen LogP contribution in [0, 0.1) is 0 Å². The fourth-order valence-electron chi connectivity index (χ4n) is 1.58. The van der Waals surface area contributed by atoms with Crippen LogP contribution in [0.5, 0.6) is 11.5 Å². The van der Waals surface area contributed by atoms with Crippen molar-refractivity contribution in [2.75, 3.05) is 20.2 Å². The molecule has 0 spiro atoms. The number of ether oxygens (including phenoxy) is 1. The van der Waals surface area contributed by atoms with Crippen LogP contribution in [0.3, 0.4) is 0 Å². The van der Waals surface area contributed by atoms with Gasteiger partial charge in [0.1, 0.15) is 11.5 Å². The number of halogens is 3. The maximum atomic E-state index is 12.3. The van der Waals surface area contributed by atoms with E-state index in [1.54, 1.807) is 19.1 Å². The number of phenols is 1. The van der Waals surface area contributed by atoms with Crippen LogP contribution in [0.25, 0.3) is 0 Å². The van der Waals surface area contributed by atoms with E-state index in [0.717, 1.165) is 0 Å². The van der Waals surface area contributed by atoms with Crippen LogP contribution < -0.4 is 4.74 Å². The number of alkyl halides is 3. The molecule has 3 nitrogen and oxygen atoms in total. The highest BCUT2D eigenvalue weighted by molar-refractivity contribution is 5.39. The quantitative estimate of drug-likeness (QED) is 0.886. The van der Waals surface area contributed by atoms with Crippen LogP contribution in [-0.4, -0.2) is 36.4 Å². The lowest BCUT2D eigenvalue weighted by molar-refractivity contribution is -0.146. The van der Waals surface area contributed by atoms with E-state index in [0.29, 0.717) is 11.3 Å². The highest BCUT2D eigenvalue weighted by Gasteiger charge is 2.30. The molecule has 18 heavy (non-hydrogen) atoms. The summed E-state index contributed by atoms with van der Waals surface area (Å²) in [4.78, 5) is 1.21. The Morgan fingerprint density at radius 3 is 2.44 bits per heavy atom. The van der Waals surface area contributed by atoms with Gasteiger partial charge < -0.3 is 9.84 Å².